The van der Waals surface area contributed by atoms with Crippen LogP contribution in [0.15, 0.2) is 30.3 Å². The quantitative estimate of drug-likeness (QED) is 0.581. The Labute approximate surface area is 152 Å². The molecule has 0 atom stereocenters. The molecule has 0 fully saturated rings. The van der Waals surface area contributed by atoms with Crippen molar-refractivity contribution in [2.45, 2.75) is 26.7 Å². The van der Waals surface area contributed by atoms with E-state index in [-0.39, 0.29) is 29.0 Å². The summed E-state index contributed by atoms with van der Waals surface area (Å²) in [4.78, 5) is 23.8. The van der Waals surface area contributed by atoms with E-state index in [1.807, 2.05) is 6.92 Å². The summed E-state index contributed by atoms with van der Waals surface area (Å²) >= 11 is 0. The Kier molecular flexibility index (Phi) is 6.22. The maximum Gasteiger partial charge on any atom is 0.310 e. The smallest absolute Gasteiger partial charge is 0.310 e. The van der Waals surface area contributed by atoms with Gasteiger partial charge in [-0.25, -0.2) is 0 Å². The number of Topliss-reactive ketones (excluding diaryl/α,β-unsaturated/α-hetero) is 1. The molecule has 0 aliphatic rings. The normalized spacial score (nSPS) is 10.4. The molecule has 2 aromatic carbocycles. The number of esters is 1. The number of hydrogen-bond acceptors (Lipinski definition) is 6. The number of ketones is 1. The van der Waals surface area contributed by atoms with Gasteiger partial charge in [-0.2, -0.15) is 0 Å². The second-order valence-corrected chi connectivity index (χ2v) is 5.83. The molecule has 26 heavy (non-hydrogen) atoms. The molecule has 138 valence electrons. The van der Waals surface area contributed by atoms with E-state index >= 15 is 0 Å². The topological polar surface area (TPSA) is 93.1 Å². The molecule has 6 heteroatoms. The van der Waals surface area contributed by atoms with Gasteiger partial charge in [-0.15, -0.1) is 0 Å². The van der Waals surface area contributed by atoms with Crippen molar-refractivity contribution in [2.24, 2.45) is 0 Å². The minimum atomic E-state index is -0.582. The Morgan fingerprint density at radius 2 is 1.73 bits per heavy atom. The Balaban J connectivity index is 2.60. The summed E-state index contributed by atoms with van der Waals surface area (Å²) in [7, 11) is 1.23. The van der Waals surface area contributed by atoms with Gasteiger partial charge in [0.15, 0.2) is 5.78 Å². The zero-order valence-electron chi connectivity index (χ0n) is 15.0. The molecule has 2 rings (SSSR count). The molecule has 0 aromatic heterocycles. The predicted octanol–water partition coefficient (Wildman–Crippen LogP) is 3.47. The number of hydrogen-bond donors (Lipinski definition) is 2. The van der Waals surface area contributed by atoms with Crippen LogP contribution in [0.3, 0.4) is 0 Å². The van der Waals surface area contributed by atoms with Crippen LogP contribution in [0.4, 0.5) is 0 Å². The number of carbonyl (C=O) groups excluding carboxylic acids is 2. The Morgan fingerprint density at radius 3 is 2.27 bits per heavy atom. The molecular formula is C20H22O6. The van der Waals surface area contributed by atoms with E-state index in [0.717, 1.165) is 12.5 Å². The van der Waals surface area contributed by atoms with Crippen LogP contribution in [0.5, 0.6) is 17.2 Å². The molecule has 2 aromatic rings. The lowest BCUT2D eigenvalue weighted by Crippen LogP contribution is -2.11. The van der Waals surface area contributed by atoms with Crippen LogP contribution < -0.4 is 4.74 Å². The Morgan fingerprint density at radius 1 is 1.08 bits per heavy atom. The number of rotatable bonds is 7. The number of ether oxygens (including phenoxy) is 2. The van der Waals surface area contributed by atoms with Crippen molar-refractivity contribution in [3.8, 4) is 28.4 Å². The molecule has 0 spiro atoms. The van der Waals surface area contributed by atoms with E-state index in [2.05, 4.69) is 4.74 Å². The summed E-state index contributed by atoms with van der Waals surface area (Å²) < 4.78 is 10.2. The molecule has 0 saturated carbocycles. The van der Waals surface area contributed by atoms with Gasteiger partial charge in [-0.1, -0.05) is 19.1 Å². The predicted molar refractivity (Wildman–Crippen MR) is 96.7 cm³/mol. The summed E-state index contributed by atoms with van der Waals surface area (Å²) in [5.74, 6) is -0.920. The third kappa shape index (κ3) is 4.14. The largest absolute Gasteiger partial charge is 0.507 e. The van der Waals surface area contributed by atoms with Gasteiger partial charge in [0.05, 0.1) is 25.7 Å². The number of phenolic OH excluding ortho intramolecular Hbond substituents is 2. The minimum absolute atomic E-state index is 0.00508. The minimum Gasteiger partial charge on any atom is -0.507 e. The van der Waals surface area contributed by atoms with Gasteiger partial charge < -0.3 is 19.7 Å². The summed E-state index contributed by atoms with van der Waals surface area (Å²) in [5, 5.41) is 20.5. The second-order valence-electron chi connectivity index (χ2n) is 5.83. The molecule has 0 unspecified atom stereocenters. The molecule has 0 bridgehead atoms. The maximum absolute atomic E-state index is 12.0. The van der Waals surface area contributed by atoms with Gasteiger partial charge in [0.1, 0.15) is 17.2 Å². The first kappa shape index (κ1) is 19.3. The maximum atomic E-state index is 12.0. The first-order chi connectivity index (χ1) is 12.4. The van der Waals surface area contributed by atoms with Crippen molar-refractivity contribution in [1.82, 2.24) is 0 Å². The van der Waals surface area contributed by atoms with E-state index in [9.17, 15) is 19.8 Å². The van der Waals surface area contributed by atoms with Crippen LogP contribution in [0, 0.1) is 0 Å². The first-order valence-electron chi connectivity index (χ1n) is 8.27. The first-order valence-corrected chi connectivity index (χ1v) is 8.27. The lowest BCUT2D eigenvalue weighted by molar-refractivity contribution is -0.139. The monoisotopic (exact) mass is 358 g/mol. The number of carbonyl (C=O) groups is 2. The van der Waals surface area contributed by atoms with Crippen molar-refractivity contribution in [2.75, 3.05) is 13.7 Å². The molecular weight excluding hydrogens is 336 g/mol. The SMILES string of the molecule is CCCOc1ccc(-c2c(O)cc(O)c(C(C)=O)c2CC(=O)OC)cc1. The second kappa shape index (κ2) is 8.38. The molecule has 0 aliphatic heterocycles. The highest BCUT2D eigenvalue weighted by Gasteiger charge is 2.24. The van der Waals surface area contributed by atoms with E-state index in [1.54, 1.807) is 24.3 Å². The summed E-state index contributed by atoms with van der Waals surface area (Å²) in [6.45, 7) is 3.88. The fourth-order valence-electron chi connectivity index (χ4n) is 2.75. The van der Waals surface area contributed by atoms with Crippen LogP contribution in [-0.4, -0.2) is 35.7 Å². The number of methoxy groups -OCH3 is 1. The van der Waals surface area contributed by atoms with Crippen molar-refractivity contribution in [3.63, 3.8) is 0 Å². The molecule has 0 amide bonds. The van der Waals surface area contributed by atoms with Crippen LogP contribution in [0.1, 0.15) is 36.2 Å². The van der Waals surface area contributed by atoms with E-state index in [4.69, 9.17) is 4.74 Å². The van der Waals surface area contributed by atoms with Crippen LogP contribution in [-0.2, 0) is 16.0 Å². The highest BCUT2D eigenvalue weighted by atomic mass is 16.5. The van der Waals surface area contributed by atoms with E-state index < -0.39 is 11.8 Å². The van der Waals surface area contributed by atoms with E-state index in [1.165, 1.54) is 14.0 Å². The van der Waals surface area contributed by atoms with Gasteiger partial charge in [0, 0.05) is 11.6 Å². The Hall–Kier alpha value is -3.02. The fraction of sp³-hybridized carbons (Fsp3) is 0.300. The fourth-order valence-corrected chi connectivity index (χ4v) is 2.75. The third-order valence-electron chi connectivity index (χ3n) is 3.91. The third-order valence-corrected chi connectivity index (χ3v) is 3.91. The molecule has 0 aliphatic carbocycles. The lowest BCUT2D eigenvalue weighted by Gasteiger charge is -2.16. The van der Waals surface area contributed by atoms with Gasteiger partial charge >= 0.3 is 5.97 Å². The highest BCUT2D eigenvalue weighted by Crippen LogP contribution is 2.40. The zero-order valence-corrected chi connectivity index (χ0v) is 15.0. The molecule has 0 heterocycles. The number of aromatic hydroxyl groups is 2. The molecule has 0 radical (unpaired) electrons. The molecule has 0 saturated heterocycles. The summed E-state index contributed by atoms with van der Waals surface area (Å²) in [5.41, 5.74) is 1.12. The number of phenols is 2. The van der Waals surface area contributed by atoms with Crippen molar-refractivity contribution in [3.05, 3.63) is 41.5 Å². The molecule has 2 N–H and O–H groups in total. The zero-order chi connectivity index (χ0) is 19.3. The van der Waals surface area contributed by atoms with Gasteiger partial charge in [-0.05, 0) is 36.6 Å². The Bertz CT molecular complexity index is 808. The van der Waals surface area contributed by atoms with E-state index in [0.29, 0.717) is 23.5 Å². The number of benzene rings is 2. The van der Waals surface area contributed by atoms with Gasteiger partial charge in [-0.3, -0.25) is 9.59 Å². The molecule has 6 nitrogen and oxygen atoms in total. The van der Waals surface area contributed by atoms with Crippen LogP contribution in [0.25, 0.3) is 11.1 Å². The van der Waals surface area contributed by atoms with Crippen LogP contribution >= 0.6 is 0 Å². The van der Waals surface area contributed by atoms with Crippen molar-refractivity contribution < 1.29 is 29.3 Å². The summed E-state index contributed by atoms with van der Waals surface area (Å²) in [6, 6.07) is 8.04. The average Bonchev–Trinajstić information content (AvgIpc) is 2.60. The standard InChI is InChI=1S/C20H22O6/c1-4-9-26-14-7-5-13(6-8-14)20-15(10-18(24)25-3)19(12(2)21)16(22)11-17(20)23/h5-8,11,22-23H,4,9-10H2,1-3H3. The van der Waals surface area contributed by atoms with Crippen LogP contribution in [0.2, 0.25) is 0 Å². The lowest BCUT2D eigenvalue weighted by atomic mass is 9.90. The average molecular weight is 358 g/mol. The highest BCUT2D eigenvalue weighted by molar-refractivity contribution is 6.02. The summed E-state index contributed by atoms with van der Waals surface area (Å²) in [6.07, 6.45) is 0.628. The van der Waals surface area contributed by atoms with Crippen molar-refractivity contribution >= 4 is 11.8 Å². The van der Waals surface area contributed by atoms with Gasteiger partial charge in [0.25, 0.3) is 0 Å². The van der Waals surface area contributed by atoms with Crippen molar-refractivity contribution in [1.29, 1.82) is 0 Å². The van der Waals surface area contributed by atoms with Gasteiger partial charge in [0.2, 0.25) is 0 Å².